The van der Waals surface area contributed by atoms with Crippen molar-refractivity contribution in [2.24, 2.45) is 4.99 Å². The van der Waals surface area contributed by atoms with Gasteiger partial charge >= 0.3 is 0 Å². The minimum absolute atomic E-state index is 0.153. The average molecular weight is 439 g/mol. The third kappa shape index (κ3) is 3.33. The molecule has 1 aromatic heterocycles. The lowest BCUT2D eigenvalue weighted by Gasteiger charge is -2.26. The number of nitrogens with one attached hydrogen (secondary N) is 1. The Morgan fingerprint density at radius 2 is 1.78 bits per heavy atom. The van der Waals surface area contributed by atoms with Gasteiger partial charge in [0.2, 0.25) is 0 Å². The molecule has 2 aromatic carbocycles. The second kappa shape index (κ2) is 7.80. The lowest BCUT2D eigenvalue weighted by molar-refractivity contribution is -0.114. The molecular formula is C26H22N4OS. The van der Waals surface area contributed by atoms with Gasteiger partial charge in [-0.15, -0.1) is 0 Å². The van der Waals surface area contributed by atoms with Gasteiger partial charge in [-0.3, -0.25) is 15.1 Å². The summed E-state index contributed by atoms with van der Waals surface area (Å²) >= 11 is 1.37. The first-order chi connectivity index (χ1) is 15.4. The monoisotopic (exact) mass is 438 g/mol. The highest BCUT2D eigenvalue weighted by Crippen LogP contribution is 2.37. The average Bonchev–Trinajstić information content (AvgIpc) is 3.32. The fourth-order valence-electron chi connectivity index (χ4n) is 4.17. The molecule has 6 heteroatoms. The Bertz CT molecular complexity index is 1360. The molecule has 0 saturated heterocycles. The molecule has 0 radical (unpaired) electrons. The van der Waals surface area contributed by atoms with E-state index in [-0.39, 0.29) is 11.7 Å². The first kappa shape index (κ1) is 20.3. The Balaban J connectivity index is 1.56. The van der Waals surface area contributed by atoms with Gasteiger partial charge in [-0.2, -0.15) is 4.99 Å². The van der Waals surface area contributed by atoms with E-state index in [1.807, 2.05) is 48.7 Å². The number of amides is 1. The highest BCUT2D eigenvalue weighted by molar-refractivity contribution is 8.17. The number of carbonyl (C=O) groups is 1. The van der Waals surface area contributed by atoms with Crippen LogP contribution in [-0.2, 0) is 4.79 Å². The van der Waals surface area contributed by atoms with Crippen LogP contribution in [0.3, 0.4) is 0 Å². The molecule has 0 saturated carbocycles. The van der Waals surface area contributed by atoms with Crippen LogP contribution in [0.4, 0.5) is 0 Å². The summed E-state index contributed by atoms with van der Waals surface area (Å²) in [5, 5.41) is 11.3. The molecule has 3 heterocycles. The number of aryl methyl sites for hydroxylation is 2. The zero-order valence-electron chi connectivity index (χ0n) is 18.1. The van der Waals surface area contributed by atoms with Crippen LogP contribution in [0.15, 0.2) is 76.6 Å². The number of aromatic nitrogens is 1. The molecule has 0 atom stereocenters. The normalized spacial score (nSPS) is 17.0. The van der Waals surface area contributed by atoms with E-state index in [2.05, 4.69) is 47.7 Å². The SMILES string of the molecule is Cc1cccc(-n2c(C)cc(/C=C3/C(=N)N4C(c5ccccc5)=CSC4=NC3=O)c2C)c1. The van der Waals surface area contributed by atoms with Crippen LogP contribution < -0.4 is 0 Å². The molecule has 0 bridgehead atoms. The standard InChI is InChI=1S/C26H22N4OS/c1-16-8-7-11-21(12-16)29-17(2)13-20(18(29)3)14-22-24(27)30-23(19-9-5-4-6-10-19)15-32-26(30)28-25(22)31/h4-15,27H,1-3H3/b22-14-,27-24?. The van der Waals surface area contributed by atoms with Crippen molar-refractivity contribution in [3.63, 3.8) is 0 Å². The number of thioether (sulfide) groups is 1. The first-order valence-corrected chi connectivity index (χ1v) is 11.2. The number of benzene rings is 2. The number of hydrogen-bond donors (Lipinski definition) is 1. The maximum absolute atomic E-state index is 12.8. The summed E-state index contributed by atoms with van der Waals surface area (Å²) in [6, 6.07) is 20.3. The molecule has 158 valence electrons. The van der Waals surface area contributed by atoms with Crippen molar-refractivity contribution in [2.75, 3.05) is 0 Å². The van der Waals surface area contributed by atoms with Crippen LogP contribution in [0, 0.1) is 26.2 Å². The van der Waals surface area contributed by atoms with Gasteiger partial charge in [0.25, 0.3) is 5.91 Å². The third-order valence-corrected chi connectivity index (χ3v) is 6.54. The smallest absolute Gasteiger partial charge is 0.283 e. The fraction of sp³-hybridized carbons (Fsp3) is 0.115. The fourth-order valence-corrected chi connectivity index (χ4v) is 5.06. The summed E-state index contributed by atoms with van der Waals surface area (Å²) in [5.74, 6) is -0.225. The largest absolute Gasteiger partial charge is 0.318 e. The van der Waals surface area contributed by atoms with Gasteiger partial charge in [0, 0.05) is 22.5 Å². The molecule has 32 heavy (non-hydrogen) atoms. The summed E-state index contributed by atoms with van der Waals surface area (Å²) in [5.41, 5.74) is 7.42. The topological polar surface area (TPSA) is 61.5 Å². The van der Waals surface area contributed by atoms with Gasteiger partial charge in [-0.05, 0) is 61.7 Å². The van der Waals surface area contributed by atoms with E-state index >= 15 is 0 Å². The first-order valence-electron chi connectivity index (χ1n) is 10.4. The van der Waals surface area contributed by atoms with Crippen molar-refractivity contribution in [3.05, 3.63) is 99.7 Å². The molecule has 5 rings (SSSR count). The second-order valence-corrected chi connectivity index (χ2v) is 8.77. The van der Waals surface area contributed by atoms with Gasteiger partial charge in [-0.1, -0.05) is 54.2 Å². The highest BCUT2D eigenvalue weighted by Gasteiger charge is 2.36. The molecule has 0 spiro atoms. The Kier molecular flexibility index (Phi) is 4.94. The Hall–Kier alpha value is -3.64. The number of hydrogen-bond acceptors (Lipinski definition) is 3. The minimum Gasteiger partial charge on any atom is -0.318 e. The third-order valence-electron chi connectivity index (χ3n) is 5.71. The molecule has 0 unspecified atom stereocenters. The number of amidine groups is 2. The lowest BCUT2D eigenvalue weighted by atomic mass is 10.1. The van der Waals surface area contributed by atoms with Crippen LogP contribution in [-0.4, -0.2) is 26.4 Å². The summed E-state index contributed by atoms with van der Waals surface area (Å²) < 4.78 is 2.17. The number of fused-ring (bicyclic) bond motifs is 1. The van der Waals surface area contributed by atoms with E-state index in [1.54, 1.807) is 11.0 Å². The molecule has 3 aromatic rings. The molecule has 2 aliphatic rings. The van der Waals surface area contributed by atoms with Gasteiger partial charge < -0.3 is 4.57 Å². The zero-order chi connectivity index (χ0) is 22.4. The maximum Gasteiger partial charge on any atom is 0.283 e. The van der Waals surface area contributed by atoms with Crippen molar-refractivity contribution in [1.29, 1.82) is 5.41 Å². The van der Waals surface area contributed by atoms with E-state index in [4.69, 9.17) is 5.41 Å². The number of carbonyl (C=O) groups excluding carboxylic acids is 1. The van der Waals surface area contributed by atoms with Gasteiger partial charge in [0.1, 0.15) is 5.84 Å². The van der Waals surface area contributed by atoms with Crippen molar-refractivity contribution < 1.29 is 4.79 Å². The molecule has 0 aliphatic carbocycles. The van der Waals surface area contributed by atoms with E-state index in [0.29, 0.717) is 10.7 Å². The van der Waals surface area contributed by atoms with Crippen molar-refractivity contribution in [3.8, 4) is 5.69 Å². The number of aliphatic imine (C=N–C) groups is 1. The molecular weight excluding hydrogens is 416 g/mol. The predicted molar refractivity (Wildman–Crippen MR) is 132 cm³/mol. The van der Waals surface area contributed by atoms with E-state index in [0.717, 1.165) is 33.9 Å². The Labute approximate surface area is 191 Å². The maximum atomic E-state index is 12.8. The van der Waals surface area contributed by atoms with Gasteiger partial charge in [0.05, 0.1) is 11.3 Å². The summed E-state index contributed by atoms with van der Waals surface area (Å²) in [7, 11) is 0. The van der Waals surface area contributed by atoms with Crippen LogP contribution in [0.25, 0.3) is 17.5 Å². The molecule has 1 amide bonds. The summed E-state index contributed by atoms with van der Waals surface area (Å²) in [6.45, 7) is 6.16. The van der Waals surface area contributed by atoms with Crippen LogP contribution in [0.2, 0.25) is 0 Å². The van der Waals surface area contributed by atoms with Crippen LogP contribution >= 0.6 is 11.8 Å². The lowest BCUT2D eigenvalue weighted by Crippen LogP contribution is -2.38. The summed E-state index contributed by atoms with van der Waals surface area (Å²) in [6.07, 6.45) is 1.80. The quantitative estimate of drug-likeness (QED) is 0.533. The van der Waals surface area contributed by atoms with Crippen molar-refractivity contribution in [2.45, 2.75) is 20.8 Å². The Morgan fingerprint density at radius 3 is 2.53 bits per heavy atom. The molecule has 5 nitrogen and oxygen atoms in total. The van der Waals surface area contributed by atoms with Gasteiger partial charge in [0.15, 0.2) is 5.17 Å². The zero-order valence-corrected chi connectivity index (χ0v) is 18.9. The minimum atomic E-state index is -0.378. The number of rotatable bonds is 3. The predicted octanol–water partition coefficient (Wildman–Crippen LogP) is 5.71. The van der Waals surface area contributed by atoms with Gasteiger partial charge in [-0.25, -0.2) is 0 Å². The van der Waals surface area contributed by atoms with Crippen molar-refractivity contribution >= 4 is 40.4 Å². The van der Waals surface area contributed by atoms with E-state index in [9.17, 15) is 4.79 Å². The molecule has 1 N–H and O–H groups in total. The van der Waals surface area contributed by atoms with Crippen molar-refractivity contribution in [1.82, 2.24) is 9.47 Å². The van der Waals surface area contributed by atoms with E-state index in [1.165, 1.54) is 17.3 Å². The second-order valence-electron chi connectivity index (χ2n) is 7.93. The Morgan fingerprint density at radius 1 is 1.00 bits per heavy atom. The van der Waals surface area contributed by atoms with Crippen LogP contribution in [0.5, 0.6) is 0 Å². The molecule has 2 aliphatic heterocycles. The molecule has 0 fully saturated rings. The van der Waals surface area contributed by atoms with E-state index < -0.39 is 0 Å². The highest BCUT2D eigenvalue weighted by atomic mass is 32.2. The number of nitrogens with zero attached hydrogens (tertiary/aromatic N) is 3. The van der Waals surface area contributed by atoms with Crippen LogP contribution in [0.1, 0.15) is 28.1 Å². The summed E-state index contributed by atoms with van der Waals surface area (Å²) in [4.78, 5) is 18.9.